The Hall–Kier alpha value is -0.160. The maximum absolute atomic E-state index is 10.1. The zero-order valence-corrected chi connectivity index (χ0v) is 11.5. The van der Waals surface area contributed by atoms with Crippen LogP contribution in [0.1, 0.15) is 0 Å². The van der Waals surface area contributed by atoms with E-state index in [1.54, 1.807) is 12.5 Å². The highest BCUT2D eigenvalue weighted by molar-refractivity contribution is 8.00. The molecule has 0 aromatic carbocycles. The molecule has 0 fully saturated rings. The molecule has 0 saturated carbocycles. The van der Waals surface area contributed by atoms with Crippen molar-refractivity contribution in [3.05, 3.63) is 0 Å². The molecule has 0 aliphatic heterocycles. The van der Waals surface area contributed by atoms with Crippen LogP contribution in [0.3, 0.4) is 0 Å². The molecular weight excluding hydrogens is 328 g/mol. The zero-order chi connectivity index (χ0) is 14.5. The fourth-order valence-corrected chi connectivity index (χ4v) is 2.20. The molecule has 0 bridgehead atoms. The zero-order valence-electron chi connectivity index (χ0n) is 8.20. The van der Waals surface area contributed by atoms with Crippen molar-refractivity contribution in [3.63, 3.8) is 0 Å². The van der Waals surface area contributed by atoms with Crippen molar-refractivity contribution in [1.82, 2.24) is 0 Å². The van der Waals surface area contributed by atoms with E-state index in [0.29, 0.717) is 0 Å². The van der Waals surface area contributed by atoms with Crippen LogP contribution >= 0.6 is 0 Å². The first-order chi connectivity index (χ1) is 7.15. The molecule has 106 valence electrons. The van der Waals surface area contributed by atoms with E-state index < -0.39 is 42.0 Å². The molecule has 0 aliphatic rings. The Morgan fingerprint density at radius 3 is 1.12 bits per heavy atom. The maximum Gasteiger partial charge on any atom is 0.432 e. The van der Waals surface area contributed by atoms with Gasteiger partial charge in [0.05, 0.1) is 0 Å². The van der Waals surface area contributed by atoms with E-state index in [4.69, 9.17) is 9.11 Å². The highest BCUT2D eigenvalue weighted by atomic mass is 32.3. The second kappa shape index (κ2) is 6.69. The summed E-state index contributed by atoms with van der Waals surface area (Å²) < 4.78 is 89.8. The maximum atomic E-state index is 10.1. The van der Waals surface area contributed by atoms with Crippen LogP contribution < -0.4 is 0 Å². The lowest BCUT2D eigenvalue weighted by Crippen LogP contribution is -2.18. The van der Waals surface area contributed by atoms with E-state index in [0.717, 1.165) is 0 Å². The summed E-state index contributed by atoms with van der Waals surface area (Å²) in [4.78, 5) is 0. The van der Waals surface area contributed by atoms with Gasteiger partial charge in [-0.15, -0.1) is 0 Å². The highest BCUT2D eigenvalue weighted by Gasteiger charge is 2.27. The van der Waals surface area contributed by atoms with Crippen molar-refractivity contribution >= 4 is 42.0 Å². The molecule has 0 atom stereocenters. The summed E-state index contributed by atoms with van der Waals surface area (Å²) in [6, 6.07) is 0. The van der Waals surface area contributed by atoms with Crippen LogP contribution in [0.2, 0.25) is 0 Å². The van der Waals surface area contributed by atoms with Crippen LogP contribution in [-0.4, -0.2) is 51.1 Å². The Kier molecular flexibility index (Phi) is 7.55. The van der Waals surface area contributed by atoms with Crippen molar-refractivity contribution in [3.8, 4) is 0 Å². The lowest BCUT2D eigenvalue weighted by molar-refractivity contribution is 0.328. The van der Waals surface area contributed by atoms with Gasteiger partial charge < -0.3 is 0 Å². The molecule has 0 unspecified atom stereocenters. The van der Waals surface area contributed by atoms with Gasteiger partial charge >= 0.3 is 31.2 Å². The van der Waals surface area contributed by atoms with Crippen LogP contribution in [0.15, 0.2) is 0 Å². The van der Waals surface area contributed by atoms with Gasteiger partial charge in [0.25, 0.3) is 0 Å². The second-order valence-electron chi connectivity index (χ2n) is 2.14. The summed E-state index contributed by atoms with van der Waals surface area (Å²) in [7, 11) is -17.1. The van der Waals surface area contributed by atoms with Gasteiger partial charge in [0.2, 0.25) is 0 Å². The van der Waals surface area contributed by atoms with Crippen molar-refractivity contribution in [2.75, 3.05) is 12.5 Å². The van der Waals surface area contributed by atoms with Gasteiger partial charge in [-0.2, -0.15) is 25.3 Å². The van der Waals surface area contributed by atoms with Crippen molar-refractivity contribution in [2.45, 2.75) is 0 Å². The van der Waals surface area contributed by atoms with Gasteiger partial charge in [0.1, 0.15) is 0 Å². The van der Waals surface area contributed by atoms with Gasteiger partial charge in [-0.05, 0) is 0 Å². The van der Waals surface area contributed by atoms with Crippen LogP contribution in [0.5, 0.6) is 0 Å². The molecular formula is C2H8O11S4. The minimum absolute atomic E-state index is 0.611. The first-order valence-corrected chi connectivity index (χ1v) is 9.04. The number of rotatable bonds is 4. The largest absolute Gasteiger partial charge is 0.432 e. The molecule has 0 radical (unpaired) electrons. The molecule has 0 aliphatic carbocycles. The van der Waals surface area contributed by atoms with E-state index >= 15 is 0 Å². The average Bonchev–Trinajstić information content (AvgIpc) is 1.68. The topological polar surface area (TPSA) is 178 Å². The summed E-state index contributed by atoms with van der Waals surface area (Å²) in [5.74, 6) is 0. The summed E-state index contributed by atoms with van der Waals surface area (Å²) in [5, 5.41) is 0. The first kappa shape index (κ1) is 19.2. The number of hydrogen-bond acceptors (Lipinski definition) is 9. The second-order valence-corrected chi connectivity index (χ2v) is 7.24. The minimum atomic E-state index is -5.57. The predicted molar refractivity (Wildman–Crippen MR) is 54.2 cm³/mol. The third kappa shape index (κ3) is 21.6. The van der Waals surface area contributed by atoms with Crippen molar-refractivity contribution < 1.29 is 45.8 Å². The fourth-order valence-electron chi connectivity index (χ4n) is 0.222. The molecule has 11 nitrogen and oxygen atoms in total. The summed E-state index contributed by atoms with van der Waals surface area (Å²) in [6.45, 7) is 0. The molecule has 17 heavy (non-hydrogen) atoms. The lowest BCUT2D eigenvalue weighted by atomic mass is 11.9. The van der Waals surface area contributed by atoms with Crippen LogP contribution in [-0.2, 0) is 49.3 Å². The third-order valence-electron chi connectivity index (χ3n) is 0.339. The summed E-state index contributed by atoms with van der Waals surface area (Å²) in [5.41, 5.74) is 0. The lowest BCUT2D eigenvalue weighted by Gasteiger charge is -1.97. The molecule has 0 saturated heterocycles. The van der Waals surface area contributed by atoms with Crippen LogP contribution in [0, 0.1) is 0 Å². The summed E-state index contributed by atoms with van der Waals surface area (Å²) >= 11 is 0. The van der Waals surface area contributed by atoms with Crippen molar-refractivity contribution in [2.24, 2.45) is 0 Å². The smallest absolute Gasteiger partial charge is 0.263 e. The standard InChI is InChI=1S/C2H6OS.H2O10S3/c1-4(2)3;1-11(2,3)9-13(7,8)10-12(4,5)6/h1-2H3;(H,1,2,3)(H,4,5,6). The predicted octanol–water partition coefficient (Wildman–Crippen LogP) is -2.14. The van der Waals surface area contributed by atoms with E-state index in [1.165, 1.54) is 0 Å². The first-order valence-electron chi connectivity index (χ1n) is 3.01. The Morgan fingerprint density at radius 2 is 1.00 bits per heavy atom. The quantitative estimate of drug-likeness (QED) is 0.535. The third-order valence-corrected chi connectivity index (χ3v) is 3.05. The SMILES string of the molecule is CS(C)=O.O=S(=O)(O)OS(=O)(=O)OS(=O)(=O)O. The van der Waals surface area contributed by atoms with Gasteiger partial charge in [-0.25, -0.2) is 0 Å². The Labute approximate surface area is 100 Å². The Morgan fingerprint density at radius 1 is 0.824 bits per heavy atom. The highest BCUT2D eigenvalue weighted by Crippen LogP contribution is 2.03. The van der Waals surface area contributed by atoms with E-state index in [9.17, 15) is 29.5 Å². The normalized spacial score (nSPS) is 13.0. The van der Waals surface area contributed by atoms with Gasteiger partial charge in [-0.3, -0.25) is 13.3 Å². The molecule has 0 aromatic rings. The van der Waals surface area contributed by atoms with E-state index in [2.05, 4.69) is 7.26 Å². The molecule has 15 heteroatoms. The molecule has 0 rings (SSSR count). The fraction of sp³-hybridized carbons (Fsp3) is 1.00. The summed E-state index contributed by atoms with van der Waals surface area (Å²) in [6.07, 6.45) is 3.28. The van der Waals surface area contributed by atoms with E-state index in [1.807, 2.05) is 0 Å². The minimum Gasteiger partial charge on any atom is -0.263 e. The Balaban J connectivity index is 0. The molecule has 0 amide bonds. The monoisotopic (exact) mass is 336 g/mol. The van der Waals surface area contributed by atoms with Crippen LogP contribution in [0.25, 0.3) is 0 Å². The van der Waals surface area contributed by atoms with E-state index in [-0.39, 0.29) is 0 Å². The van der Waals surface area contributed by atoms with Crippen LogP contribution in [0.4, 0.5) is 0 Å². The van der Waals surface area contributed by atoms with Gasteiger partial charge in [0.15, 0.2) is 0 Å². The Bertz CT molecular complexity index is 503. The number of hydrogen-bond donors (Lipinski definition) is 2. The molecule has 0 heterocycles. The van der Waals surface area contributed by atoms with Gasteiger partial charge in [-0.1, -0.05) is 7.26 Å². The molecule has 0 aromatic heterocycles. The average molecular weight is 336 g/mol. The van der Waals surface area contributed by atoms with Crippen molar-refractivity contribution in [1.29, 1.82) is 0 Å². The van der Waals surface area contributed by atoms with Gasteiger partial charge in [0, 0.05) is 23.3 Å². The molecule has 0 spiro atoms. The molecule has 2 N–H and O–H groups in total.